The number of aromatic nitrogens is 1. The van der Waals surface area contributed by atoms with E-state index in [2.05, 4.69) is 4.98 Å². The highest BCUT2D eigenvalue weighted by Gasteiger charge is 2.30. The van der Waals surface area contributed by atoms with E-state index >= 15 is 0 Å². The lowest BCUT2D eigenvalue weighted by molar-refractivity contribution is 0.357. The summed E-state index contributed by atoms with van der Waals surface area (Å²) in [5, 5.41) is 6.54. The molecule has 0 unspecified atom stereocenters. The molecule has 1 aromatic heterocycles. The van der Waals surface area contributed by atoms with Crippen LogP contribution in [0.15, 0.2) is 23.4 Å². The molecule has 19 heavy (non-hydrogen) atoms. The predicted octanol–water partition coefficient (Wildman–Crippen LogP) is 0.946. The number of nitrogens with two attached hydrogens (primary N) is 1. The van der Waals surface area contributed by atoms with Crippen molar-refractivity contribution in [1.29, 1.82) is 5.41 Å². The molecule has 1 rings (SSSR count). The van der Waals surface area contributed by atoms with Crippen molar-refractivity contribution in [2.75, 3.05) is 6.54 Å². The predicted molar refractivity (Wildman–Crippen MR) is 69.8 cm³/mol. The maximum atomic E-state index is 13.6. The average molecular weight is 288 g/mol. The van der Waals surface area contributed by atoms with E-state index in [4.69, 9.17) is 11.1 Å². The second kappa shape index (κ2) is 6.07. The lowest BCUT2D eigenvalue weighted by atomic mass is 10.3. The summed E-state index contributed by atoms with van der Waals surface area (Å²) >= 11 is 0. The van der Waals surface area contributed by atoms with Gasteiger partial charge in [0.15, 0.2) is 5.82 Å². The summed E-state index contributed by atoms with van der Waals surface area (Å²) in [6.45, 7) is 3.35. The molecule has 0 radical (unpaired) electrons. The summed E-state index contributed by atoms with van der Waals surface area (Å²) in [6.07, 6.45) is 1.31. The van der Waals surface area contributed by atoms with Gasteiger partial charge in [-0.1, -0.05) is 0 Å². The molecule has 1 aromatic rings. The average Bonchev–Trinajstić information content (AvgIpc) is 2.28. The molecular formula is C11H17FN4O2S. The maximum Gasteiger partial charge on any atom is 0.263 e. The van der Waals surface area contributed by atoms with Gasteiger partial charge in [-0.3, -0.25) is 5.41 Å². The highest BCUT2D eigenvalue weighted by Crippen LogP contribution is 2.19. The zero-order chi connectivity index (χ0) is 14.6. The third kappa shape index (κ3) is 3.71. The molecule has 0 amide bonds. The van der Waals surface area contributed by atoms with Crippen LogP contribution in [0.25, 0.3) is 0 Å². The van der Waals surface area contributed by atoms with Crippen LogP contribution >= 0.6 is 0 Å². The molecule has 0 spiro atoms. The minimum absolute atomic E-state index is 0.0192. The first-order valence-corrected chi connectivity index (χ1v) is 7.16. The van der Waals surface area contributed by atoms with Crippen LogP contribution < -0.4 is 5.73 Å². The second-order valence-corrected chi connectivity index (χ2v) is 6.08. The molecule has 0 saturated heterocycles. The summed E-state index contributed by atoms with van der Waals surface area (Å²) in [7, 11) is -4.03. The van der Waals surface area contributed by atoms with E-state index in [0.29, 0.717) is 0 Å². The molecule has 0 aromatic carbocycles. The first-order valence-electron chi connectivity index (χ1n) is 5.72. The normalized spacial score (nSPS) is 12.1. The SMILES string of the molecule is CC(C)N(CCC(=N)N)S(=O)(=O)c1ncccc1F. The van der Waals surface area contributed by atoms with Crippen molar-refractivity contribution in [3.63, 3.8) is 0 Å². The molecule has 0 saturated carbocycles. The minimum Gasteiger partial charge on any atom is -0.388 e. The topological polar surface area (TPSA) is 100 Å². The van der Waals surface area contributed by atoms with E-state index in [1.807, 2.05) is 0 Å². The Balaban J connectivity index is 3.14. The van der Waals surface area contributed by atoms with Gasteiger partial charge < -0.3 is 5.73 Å². The van der Waals surface area contributed by atoms with Crippen LogP contribution in [0.2, 0.25) is 0 Å². The van der Waals surface area contributed by atoms with Crippen LogP contribution in [-0.4, -0.2) is 36.1 Å². The number of nitrogens with zero attached hydrogens (tertiary/aromatic N) is 2. The van der Waals surface area contributed by atoms with Gasteiger partial charge in [0.1, 0.15) is 0 Å². The largest absolute Gasteiger partial charge is 0.388 e. The first-order chi connectivity index (χ1) is 8.76. The van der Waals surface area contributed by atoms with Crippen LogP contribution in [0.5, 0.6) is 0 Å². The number of nitrogens with one attached hydrogen (secondary N) is 1. The molecule has 0 bridgehead atoms. The van der Waals surface area contributed by atoms with Crippen molar-refractivity contribution < 1.29 is 12.8 Å². The van der Waals surface area contributed by atoms with Gasteiger partial charge in [-0.15, -0.1) is 0 Å². The van der Waals surface area contributed by atoms with E-state index in [1.165, 1.54) is 12.3 Å². The zero-order valence-corrected chi connectivity index (χ0v) is 11.6. The van der Waals surface area contributed by atoms with Gasteiger partial charge in [-0.05, 0) is 26.0 Å². The fourth-order valence-electron chi connectivity index (χ4n) is 1.56. The zero-order valence-electron chi connectivity index (χ0n) is 10.8. The Morgan fingerprint density at radius 3 is 2.68 bits per heavy atom. The Morgan fingerprint density at radius 1 is 1.58 bits per heavy atom. The first kappa shape index (κ1) is 15.5. The van der Waals surface area contributed by atoms with Crippen LogP contribution in [0.3, 0.4) is 0 Å². The quantitative estimate of drug-likeness (QED) is 0.601. The lowest BCUT2D eigenvalue weighted by Gasteiger charge is -2.25. The Hall–Kier alpha value is -1.54. The monoisotopic (exact) mass is 288 g/mol. The fourth-order valence-corrected chi connectivity index (χ4v) is 3.18. The van der Waals surface area contributed by atoms with E-state index in [9.17, 15) is 12.8 Å². The van der Waals surface area contributed by atoms with Crippen molar-refractivity contribution in [1.82, 2.24) is 9.29 Å². The van der Waals surface area contributed by atoms with Gasteiger partial charge in [0.2, 0.25) is 5.03 Å². The highest BCUT2D eigenvalue weighted by atomic mass is 32.2. The van der Waals surface area contributed by atoms with Crippen LogP contribution in [-0.2, 0) is 10.0 Å². The summed E-state index contributed by atoms with van der Waals surface area (Å²) in [5.41, 5.74) is 5.22. The molecule has 8 heteroatoms. The molecule has 0 atom stereocenters. The number of halogens is 1. The molecule has 1 heterocycles. The summed E-state index contributed by atoms with van der Waals surface area (Å²) in [6, 6.07) is 1.98. The molecule has 106 valence electrons. The molecule has 0 aliphatic carbocycles. The Morgan fingerprint density at radius 2 is 2.21 bits per heavy atom. The smallest absolute Gasteiger partial charge is 0.263 e. The van der Waals surface area contributed by atoms with Gasteiger partial charge in [-0.25, -0.2) is 17.8 Å². The lowest BCUT2D eigenvalue weighted by Crippen LogP contribution is -2.39. The maximum absolute atomic E-state index is 13.6. The van der Waals surface area contributed by atoms with Crippen LogP contribution in [0.1, 0.15) is 20.3 Å². The third-order valence-corrected chi connectivity index (χ3v) is 4.47. The Kier molecular flexibility index (Phi) is 4.96. The van der Waals surface area contributed by atoms with Crippen molar-refractivity contribution in [3.8, 4) is 0 Å². The number of hydrogen-bond donors (Lipinski definition) is 2. The Bertz CT molecular complexity index is 560. The van der Waals surface area contributed by atoms with Crippen molar-refractivity contribution in [2.45, 2.75) is 31.3 Å². The molecule has 0 aliphatic heterocycles. The number of hydrogen-bond acceptors (Lipinski definition) is 4. The number of pyridine rings is 1. The van der Waals surface area contributed by atoms with Crippen LogP contribution in [0.4, 0.5) is 4.39 Å². The third-order valence-electron chi connectivity index (χ3n) is 2.46. The summed E-state index contributed by atoms with van der Waals surface area (Å²) in [5.74, 6) is -1.02. The van der Waals surface area contributed by atoms with Crippen LogP contribution in [0, 0.1) is 11.2 Å². The molecule has 6 nitrogen and oxygen atoms in total. The number of rotatable bonds is 6. The van der Waals surface area contributed by atoms with Gasteiger partial charge in [0, 0.05) is 25.2 Å². The molecule has 3 N–H and O–H groups in total. The van der Waals surface area contributed by atoms with Gasteiger partial charge in [-0.2, -0.15) is 4.31 Å². The number of sulfonamides is 1. The molecular weight excluding hydrogens is 271 g/mol. The Labute approximate surface area is 112 Å². The second-order valence-electron chi connectivity index (χ2n) is 4.28. The summed E-state index contributed by atoms with van der Waals surface area (Å²) < 4.78 is 39.3. The van der Waals surface area contributed by atoms with E-state index in [1.54, 1.807) is 13.8 Å². The molecule has 0 aliphatic rings. The fraction of sp³-hybridized carbons (Fsp3) is 0.455. The van der Waals surface area contributed by atoms with E-state index < -0.39 is 20.9 Å². The van der Waals surface area contributed by atoms with Gasteiger partial charge >= 0.3 is 0 Å². The molecule has 0 fully saturated rings. The van der Waals surface area contributed by atoms with Crippen molar-refractivity contribution >= 4 is 15.9 Å². The van der Waals surface area contributed by atoms with Gasteiger partial charge in [0.25, 0.3) is 10.0 Å². The van der Waals surface area contributed by atoms with E-state index in [0.717, 1.165) is 10.4 Å². The van der Waals surface area contributed by atoms with Gasteiger partial charge in [0.05, 0.1) is 5.84 Å². The minimum atomic E-state index is -4.03. The van der Waals surface area contributed by atoms with Crippen molar-refractivity contribution in [2.24, 2.45) is 5.73 Å². The van der Waals surface area contributed by atoms with Crippen molar-refractivity contribution in [3.05, 3.63) is 24.1 Å². The summed E-state index contributed by atoms with van der Waals surface area (Å²) in [4.78, 5) is 3.59. The number of amidine groups is 1. The standard InChI is InChI=1S/C11H17FN4O2S/c1-8(2)16(7-5-10(13)14)19(17,18)11-9(12)4-3-6-15-11/h3-4,6,8H,5,7H2,1-2H3,(H3,13,14). The van der Waals surface area contributed by atoms with E-state index in [-0.39, 0.29) is 24.8 Å². The highest BCUT2D eigenvalue weighted by molar-refractivity contribution is 7.89.